The maximum absolute atomic E-state index is 12.0. The van der Waals surface area contributed by atoms with Crippen LogP contribution >= 0.6 is 39.0 Å². The number of thiophene rings is 1. The molecule has 0 spiro atoms. The zero-order valence-corrected chi connectivity index (χ0v) is 17.5. The molecule has 5 nitrogen and oxygen atoms in total. The lowest BCUT2D eigenvalue weighted by atomic mass is 10.1. The number of esters is 1. The van der Waals surface area contributed by atoms with Gasteiger partial charge in [0.25, 0.3) is 0 Å². The van der Waals surface area contributed by atoms with Crippen molar-refractivity contribution in [2.45, 2.75) is 62.3 Å². The molecule has 134 valence electrons. The largest absolute Gasteiger partial charge is 0.465 e. The minimum absolute atomic E-state index is 0.215. The van der Waals surface area contributed by atoms with E-state index in [1.165, 1.54) is 48.0 Å². The second-order valence-electron chi connectivity index (χ2n) is 6.46. The molecule has 25 heavy (non-hydrogen) atoms. The Kier molecular flexibility index (Phi) is 4.94. The standard InChI is InChI=1S/C17H20BrN3O2S2/c1-3-23-15(22)9(2)24-17-20-19-16(18)21(17)14-12-6-4-5-11(12)13(25-14)10-7-8-10/h9-10H,3-8H2,1-2H3. The van der Waals surface area contributed by atoms with Gasteiger partial charge in [-0.05, 0) is 78.9 Å². The number of fused-ring (bicyclic) bond motifs is 1. The molecule has 1 saturated carbocycles. The molecule has 0 aromatic carbocycles. The van der Waals surface area contributed by atoms with Crippen LogP contribution in [-0.4, -0.2) is 32.6 Å². The first-order valence-corrected chi connectivity index (χ1v) is 11.2. The summed E-state index contributed by atoms with van der Waals surface area (Å²) in [5, 5.41) is 10.2. The quantitative estimate of drug-likeness (QED) is 0.487. The van der Waals surface area contributed by atoms with Crippen LogP contribution < -0.4 is 0 Å². The van der Waals surface area contributed by atoms with Crippen LogP contribution in [0.1, 0.15) is 55.0 Å². The third-order valence-electron chi connectivity index (χ3n) is 4.63. The average molecular weight is 442 g/mol. The maximum atomic E-state index is 12.0. The summed E-state index contributed by atoms with van der Waals surface area (Å²) in [7, 11) is 0. The van der Waals surface area contributed by atoms with Gasteiger partial charge >= 0.3 is 5.97 Å². The molecule has 1 fully saturated rings. The fourth-order valence-corrected chi connectivity index (χ4v) is 6.44. The van der Waals surface area contributed by atoms with Gasteiger partial charge in [-0.15, -0.1) is 21.5 Å². The molecule has 0 N–H and O–H groups in total. The summed E-state index contributed by atoms with van der Waals surface area (Å²) in [6, 6.07) is 0. The zero-order valence-electron chi connectivity index (χ0n) is 14.2. The second kappa shape index (κ2) is 7.04. The predicted molar refractivity (Wildman–Crippen MR) is 103 cm³/mol. The van der Waals surface area contributed by atoms with Crippen molar-refractivity contribution in [3.05, 3.63) is 20.7 Å². The van der Waals surface area contributed by atoms with E-state index in [0.29, 0.717) is 11.3 Å². The van der Waals surface area contributed by atoms with Crippen LogP contribution in [0.2, 0.25) is 0 Å². The van der Waals surface area contributed by atoms with E-state index in [0.717, 1.165) is 17.5 Å². The number of nitrogens with zero attached hydrogens (tertiary/aromatic N) is 3. The van der Waals surface area contributed by atoms with Crippen molar-refractivity contribution in [1.29, 1.82) is 0 Å². The third-order valence-corrected chi connectivity index (χ3v) is 7.58. The van der Waals surface area contributed by atoms with E-state index < -0.39 is 0 Å². The highest BCUT2D eigenvalue weighted by molar-refractivity contribution is 9.10. The number of rotatable bonds is 6. The summed E-state index contributed by atoms with van der Waals surface area (Å²) in [6.07, 6.45) is 6.18. The molecular weight excluding hydrogens is 422 g/mol. The van der Waals surface area contributed by atoms with E-state index in [1.807, 2.05) is 25.2 Å². The Balaban J connectivity index is 1.69. The minimum Gasteiger partial charge on any atom is -0.465 e. The summed E-state index contributed by atoms with van der Waals surface area (Å²) >= 11 is 6.84. The van der Waals surface area contributed by atoms with Crippen molar-refractivity contribution in [3.8, 4) is 5.00 Å². The third kappa shape index (κ3) is 3.28. The Morgan fingerprint density at radius 3 is 2.88 bits per heavy atom. The van der Waals surface area contributed by atoms with Crippen LogP contribution in [0.15, 0.2) is 9.89 Å². The molecule has 4 rings (SSSR count). The van der Waals surface area contributed by atoms with E-state index in [2.05, 4.69) is 30.7 Å². The second-order valence-corrected chi connectivity index (χ2v) is 9.50. The molecule has 2 aromatic heterocycles. The lowest BCUT2D eigenvalue weighted by molar-refractivity contribution is -0.142. The summed E-state index contributed by atoms with van der Waals surface area (Å²) in [4.78, 5) is 13.5. The Morgan fingerprint density at radius 1 is 1.40 bits per heavy atom. The lowest BCUT2D eigenvalue weighted by Gasteiger charge is -2.11. The predicted octanol–water partition coefficient (Wildman–Crippen LogP) is 4.50. The van der Waals surface area contributed by atoms with Crippen LogP contribution in [-0.2, 0) is 22.4 Å². The van der Waals surface area contributed by atoms with Crippen molar-refractivity contribution in [3.63, 3.8) is 0 Å². The minimum atomic E-state index is -0.314. The van der Waals surface area contributed by atoms with Gasteiger partial charge in [0.2, 0.25) is 4.73 Å². The van der Waals surface area contributed by atoms with Crippen molar-refractivity contribution < 1.29 is 9.53 Å². The van der Waals surface area contributed by atoms with Crippen molar-refractivity contribution in [1.82, 2.24) is 14.8 Å². The van der Waals surface area contributed by atoms with E-state index in [9.17, 15) is 4.79 Å². The molecule has 0 amide bonds. The molecular formula is C17H20BrN3O2S2. The van der Waals surface area contributed by atoms with Gasteiger partial charge < -0.3 is 4.74 Å². The molecule has 0 aliphatic heterocycles. The molecule has 0 saturated heterocycles. The number of ether oxygens (including phenoxy) is 1. The highest BCUT2D eigenvalue weighted by Crippen LogP contribution is 2.51. The van der Waals surface area contributed by atoms with Gasteiger partial charge in [0, 0.05) is 4.88 Å². The number of thioether (sulfide) groups is 1. The van der Waals surface area contributed by atoms with Gasteiger partial charge in [-0.2, -0.15) is 0 Å². The average Bonchev–Trinajstić information content (AvgIpc) is 3.04. The Labute approximate surface area is 163 Å². The maximum Gasteiger partial charge on any atom is 0.319 e. The molecule has 2 aliphatic rings. The van der Waals surface area contributed by atoms with E-state index in [1.54, 1.807) is 10.4 Å². The van der Waals surface area contributed by atoms with Gasteiger partial charge in [0.05, 0.1) is 6.61 Å². The summed E-state index contributed by atoms with van der Waals surface area (Å²) in [5.41, 5.74) is 3.02. The van der Waals surface area contributed by atoms with E-state index in [4.69, 9.17) is 4.74 Å². The topological polar surface area (TPSA) is 57.0 Å². The zero-order chi connectivity index (χ0) is 17.6. The number of hydrogen-bond acceptors (Lipinski definition) is 6. The van der Waals surface area contributed by atoms with Crippen LogP contribution in [0.25, 0.3) is 5.00 Å². The molecule has 2 aromatic rings. The number of carbonyl (C=O) groups is 1. The van der Waals surface area contributed by atoms with Gasteiger partial charge in [-0.25, -0.2) is 0 Å². The monoisotopic (exact) mass is 441 g/mol. The summed E-state index contributed by atoms with van der Waals surface area (Å²) in [6.45, 7) is 4.07. The van der Waals surface area contributed by atoms with Gasteiger partial charge in [-0.3, -0.25) is 9.36 Å². The van der Waals surface area contributed by atoms with Crippen LogP contribution in [0, 0.1) is 0 Å². The molecule has 8 heteroatoms. The van der Waals surface area contributed by atoms with E-state index in [-0.39, 0.29) is 11.2 Å². The molecule has 2 heterocycles. The molecule has 1 atom stereocenters. The molecule has 1 unspecified atom stereocenters. The van der Waals surface area contributed by atoms with Crippen molar-refractivity contribution >= 4 is 45.0 Å². The first-order chi connectivity index (χ1) is 12.1. The summed E-state index contributed by atoms with van der Waals surface area (Å²) in [5.74, 6) is 0.545. The van der Waals surface area contributed by atoms with Crippen molar-refractivity contribution in [2.24, 2.45) is 0 Å². The first kappa shape index (κ1) is 17.5. The van der Waals surface area contributed by atoms with Gasteiger partial charge in [-0.1, -0.05) is 11.8 Å². The van der Waals surface area contributed by atoms with Crippen molar-refractivity contribution in [2.75, 3.05) is 6.61 Å². The highest BCUT2D eigenvalue weighted by Gasteiger charge is 2.34. The number of halogens is 1. The Hall–Kier alpha value is -0.860. The fraction of sp³-hybridized carbons (Fsp3) is 0.588. The SMILES string of the molecule is CCOC(=O)C(C)Sc1nnc(Br)n1-c1sc(C2CC2)c2c1CCC2. The molecule has 0 radical (unpaired) electrons. The Morgan fingerprint density at radius 2 is 2.16 bits per heavy atom. The van der Waals surface area contributed by atoms with Crippen LogP contribution in [0.3, 0.4) is 0 Å². The smallest absolute Gasteiger partial charge is 0.319 e. The Bertz CT molecular complexity index is 813. The highest BCUT2D eigenvalue weighted by atomic mass is 79.9. The van der Waals surface area contributed by atoms with E-state index >= 15 is 0 Å². The normalized spacial score (nSPS) is 17.6. The fourth-order valence-electron chi connectivity index (χ4n) is 3.30. The van der Waals surface area contributed by atoms with Crippen LogP contribution in [0.5, 0.6) is 0 Å². The number of aromatic nitrogens is 3. The lowest BCUT2D eigenvalue weighted by Crippen LogP contribution is -2.17. The molecule has 2 aliphatic carbocycles. The number of carbonyl (C=O) groups excluding carboxylic acids is 1. The van der Waals surface area contributed by atoms with Gasteiger partial charge in [0.1, 0.15) is 10.3 Å². The van der Waals surface area contributed by atoms with Crippen LogP contribution in [0.4, 0.5) is 0 Å². The summed E-state index contributed by atoms with van der Waals surface area (Å²) < 4.78 is 7.89. The molecule has 0 bridgehead atoms. The van der Waals surface area contributed by atoms with Gasteiger partial charge in [0.15, 0.2) is 5.16 Å². The first-order valence-electron chi connectivity index (χ1n) is 8.69. The number of hydrogen-bond donors (Lipinski definition) is 0.